The number of hydrogen-bond acceptors (Lipinski definition) is 3. The fraction of sp³-hybridized carbons (Fsp3) is 0.357. The standard InChI is InChI=1S/C14H20N2O2/c1-11(15-2)7-8-14(17)16-10-12-5-4-6-13(9-12)18-3/h4-6,9,15H,1,7-8,10H2,2-3H3,(H,16,17). The summed E-state index contributed by atoms with van der Waals surface area (Å²) in [6, 6.07) is 7.65. The Balaban J connectivity index is 2.35. The van der Waals surface area contributed by atoms with Crippen molar-refractivity contribution >= 4 is 5.91 Å². The van der Waals surface area contributed by atoms with Crippen LogP contribution in [0.25, 0.3) is 0 Å². The van der Waals surface area contributed by atoms with Crippen LogP contribution in [0.3, 0.4) is 0 Å². The molecule has 0 spiro atoms. The molecule has 4 heteroatoms. The van der Waals surface area contributed by atoms with Gasteiger partial charge in [-0.3, -0.25) is 4.79 Å². The molecule has 0 saturated heterocycles. The summed E-state index contributed by atoms with van der Waals surface area (Å²) >= 11 is 0. The van der Waals surface area contributed by atoms with Gasteiger partial charge >= 0.3 is 0 Å². The van der Waals surface area contributed by atoms with Crippen molar-refractivity contribution in [1.82, 2.24) is 10.6 Å². The summed E-state index contributed by atoms with van der Waals surface area (Å²) in [5.74, 6) is 0.819. The van der Waals surface area contributed by atoms with Crippen molar-refractivity contribution in [3.8, 4) is 5.75 Å². The number of allylic oxidation sites excluding steroid dienone is 1. The van der Waals surface area contributed by atoms with E-state index in [1.165, 1.54) is 0 Å². The molecule has 0 aliphatic heterocycles. The third kappa shape index (κ3) is 4.91. The predicted octanol–water partition coefficient (Wildman–Crippen LogP) is 1.82. The molecule has 1 aromatic carbocycles. The van der Waals surface area contributed by atoms with Crippen molar-refractivity contribution in [2.24, 2.45) is 0 Å². The largest absolute Gasteiger partial charge is 0.497 e. The molecule has 0 heterocycles. The minimum atomic E-state index is 0.0224. The quantitative estimate of drug-likeness (QED) is 0.774. The van der Waals surface area contributed by atoms with E-state index in [1.807, 2.05) is 24.3 Å². The van der Waals surface area contributed by atoms with E-state index in [4.69, 9.17) is 4.74 Å². The van der Waals surface area contributed by atoms with E-state index in [0.717, 1.165) is 17.0 Å². The number of methoxy groups -OCH3 is 1. The lowest BCUT2D eigenvalue weighted by molar-refractivity contribution is -0.121. The first kappa shape index (κ1) is 14.1. The van der Waals surface area contributed by atoms with Crippen molar-refractivity contribution in [3.63, 3.8) is 0 Å². The van der Waals surface area contributed by atoms with E-state index in [2.05, 4.69) is 17.2 Å². The summed E-state index contributed by atoms with van der Waals surface area (Å²) in [6.45, 7) is 4.29. The molecule has 0 aliphatic carbocycles. The van der Waals surface area contributed by atoms with Crippen LogP contribution in [0.5, 0.6) is 5.75 Å². The van der Waals surface area contributed by atoms with Gasteiger partial charge in [0.05, 0.1) is 7.11 Å². The van der Waals surface area contributed by atoms with Crippen LogP contribution >= 0.6 is 0 Å². The van der Waals surface area contributed by atoms with E-state index in [-0.39, 0.29) is 5.91 Å². The van der Waals surface area contributed by atoms with Crippen LogP contribution in [0.15, 0.2) is 36.5 Å². The molecule has 0 bridgehead atoms. The molecule has 1 aromatic rings. The first-order valence-corrected chi connectivity index (χ1v) is 5.91. The molecule has 0 radical (unpaired) electrons. The molecular formula is C14H20N2O2. The van der Waals surface area contributed by atoms with E-state index in [9.17, 15) is 4.79 Å². The lowest BCUT2D eigenvalue weighted by Gasteiger charge is -2.08. The third-order valence-electron chi connectivity index (χ3n) is 2.63. The van der Waals surface area contributed by atoms with Gasteiger partial charge in [-0.1, -0.05) is 18.7 Å². The average molecular weight is 248 g/mol. The Labute approximate surface area is 108 Å². The van der Waals surface area contributed by atoms with Gasteiger partial charge in [0.25, 0.3) is 0 Å². The average Bonchev–Trinajstić information content (AvgIpc) is 2.42. The zero-order valence-corrected chi connectivity index (χ0v) is 11.0. The Morgan fingerprint density at radius 2 is 2.17 bits per heavy atom. The summed E-state index contributed by atoms with van der Waals surface area (Å²) in [7, 11) is 3.43. The number of carbonyl (C=O) groups excluding carboxylic acids is 1. The van der Waals surface area contributed by atoms with Crippen LogP contribution in [0, 0.1) is 0 Å². The maximum Gasteiger partial charge on any atom is 0.220 e. The van der Waals surface area contributed by atoms with Crippen LogP contribution in [0.2, 0.25) is 0 Å². The van der Waals surface area contributed by atoms with E-state index in [0.29, 0.717) is 19.4 Å². The third-order valence-corrected chi connectivity index (χ3v) is 2.63. The monoisotopic (exact) mass is 248 g/mol. The van der Waals surface area contributed by atoms with Gasteiger partial charge in [0.15, 0.2) is 0 Å². The van der Waals surface area contributed by atoms with Crippen molar-refractivity contribution < 1.29 is 9.53 Å². The molecule has 18 heavy (non-hydrogen) atoms. The highest BCUT2D eigenvalue weighted by Gasteiger charge is 2.02. The SMILES string of the molecule is C=C(CCC(=O)NCc1cccc(OC)c1)NC. The molecule has 0 unspecified atom stereocenters. The fourth-order valence-electron chi connectivity index (χ4n) is 1.46. The minimum Gasteiger partial charge on any atom is -0.497 e. The number of rotatable bonds is 7. The van der Waals surface area contributed by atoms with Gasteiger partial charge in [-0.25, -0.2) is 0 Å². The number of carbonyl (C=O) groups is 1. The van der Waals surface area contributed by atoms with Gasteiger partial charge < -0.3 is 15.4 Å². The zero-order chi connectivity index (χ0) is 13.4. The smallest absolute Gasteiger partial charge is 0.220 e. The van der Waals surface area contributed by atoms with E-state index >= 15 is 0 Å². The first-order valence-electron chi connectivity index (χ1n) is 5.91. The van der Waals surface area contributed by atoms with Gasteiger partial charge in [0, 0.05) is 25.7 Å². The van der Waals surface area contributed by atoms with Crippen LogP contribution in [0.1, 0.15) is 18.4 Å². The molecule has 98 valence electrons. The Morgan fingerprint density at radius 3 is 2.83 bits per heavy atom. The number of nitrogens with one attached hydrogen (secondary N) is 2. The van der Waals surface area contributed by atoms with Crippen molar-refractivity contribution in [2.75, 3.05) is 14.2 Å². The molecule has 1 amide bonds. The maximum absolute atomic E-state index is 11.6. The number of benzene rings is 1. The summed E-state index contributed by atoms with van der Waals surface area (Å²) in [5.41, 5.74) is 1.89. The first-order chi connectivity index (χ1) is 8.65. The van der Waals surface area contributed by atoms with Crippen LogP contribution in [-0.4, -0.2) is 20.1 Å². The van der Waals surface area contributed by atoms with Crippen molar-refractivity contribution in [1.29, 1.82) is 0 Å². The molecule has 0 saturated carbocycles. The Morgan fingerprint density at radius 1 is 1.39 bits per heavy atom. The van der Waals surface area contributed by atoms with Crippen molar-refractivity contribution in [2.45, 2.75) is 19.4 Å². The second kappa shape index (κ2) is 7.37. The van der Waals surface area contributed by atoms with Gasteiger partial charge in [0.1, 0.15) is 5.75 Å². The predicted molar refractivity (Wildman–Crippen MR) is 72.3 cm³/mol. The Kier molecular flexibility index (Phi) is 5.77. The van der Waals surface area contributed by atoms with Crippen LogP contribution < -0.4 is 15.4 Å². The molecular weight excluding hydrogens is 228 g/mol. The van der Waals surface area contributed by atoms with E-state index in [1.54, 1.807) is 14.2 Å². The van der Waals surface area contributed by atoms with E-state index < -0.39 is 0 Å². The number of amides is 1. The minimum absolute atomic E-state index is 0.0224. The van der Waals surface area contributed by atoms with Gasteiger partial charge in [-0.15, -0.1) is 0 Å². The lowest BCUT2D eigenvalue weighted by atomic mass is 10.2. The molecule has 0 atom stereocenters. The fourth-order valence-corrected chi connectivity index (χ4v) is 1.46. The highest BCUT2D eigenvalue weighted by Crippen LogP contribution is 2.12. The molecule has 2 N–H and O–H groups in total. The van der Waals surface area contributed by atoms with Gasteiger partial charge in [0.2, 0.25) is 5.91 Å². The Hall–Kier alpha value is -1.97. The summed E-state index contributed by atoms with van der Waals surface area (Å²) in [6.07, 6.45) is 1.10. The second-order valence-electron chi connectivity index (χ2n) is 3.98. The summed E-state index contributed by atoms with van der Waals surface area (Å²) in [5, 5.41) is 5.78. The second-order valence-corrected chi connectivity index (χ2v) is 3.98. The van der Waals surface area contributed by atoms with Gasteiger partial charge in [-0.05, 0) is 24.1 Å². The topological polar surface area (TPSA) is 50.4 Å². The molecule has 4 nitrogen and oxygen atoms in total. The normalized spacial score (nSPS) is 9.67. The lowest BCUT2D eigenvalue weighted by Crippen LogP contribution is -2.23. The van der Waals surface area contributed by atoms with Crippen LogP contribution in [-0.2, 0) is 11.3 Å². The van der Waals surface area contributed by atoms with Crippen LogP contribution in [0.4, 0.5) is 0 Å². The maximum atomic E-state index is 11.6. The van der Waals surface area contributed by atoms with Gasteiger partial charge in [-0.2, -0.15) is 0 Å². The number of ether oxygens (including phenoxy) is 1. The molecule has 1 rings (SSSR count). The summed E-state index contributed by atoms with van der Waals surface area (Å²) < 4.78 is 5.12. The highest BCUT2D eigenvalue weighted by atomic mass is 16.5. The molecule has 0 aromatic heterocycles. The molecule has 0 fully saturated rings. The number of hydrogen-bond donors (Lipinski definition) is 2. The molecule has 0 aliphatic rings. The van der Waals surface area contributed by atoms with Crippen molar-refractivity contribution in [3.05, 3.63) is 42.1 Å². The summed E-state index contributed by atoms with van der Waals surface area (Å²) in [4.78, 5) is 11.6. The highest BCUT2D eigenvalue weighted by molar-refractivity contribution is 5.76. The Bertz CT molecular complexity index is 416. The zero-order valence-electron chi connectivity index (χ0n) is 11.0.